The van der Waals surface area contributed by atoms with Gasteiger partial charge in [-0.05, 0) is 31.5 Å². The first-order chi connectivity index (χ1) is 11.1. The number of guanidine groups is 1. The van der Waals surface area contributed by atoms with Gasteiger partial charge in [-0.1, -0.05) is 29.8 Å². The summed E-state index contributed by atoms with van der Waals surface area (Å²) < 4.78 is 5.20. The van der Waals surface area contributed by atoms with Crippen molar-refractivity contribution in [3.8, 4) is 0 Å². The molecule has 2 N–H and O–H groups in total. The second-order valence-electron chi connectivity index (χ2n) is 5.57. The third-order valence-electron chi connectivity index (χ3n) is 3.52. The van der Waals surface area contributed by atoms with Gasteiger partial charge in [0.1, 0.15) is 11.9 Å². The van der Waals surface area contributed by atoms with Gasteiger partial charge in [-0.2, -0.15) is 0 Å². The number of aliphatic hydroxyl groups excluding tert-OH is 1. The molecule has 6 heteroatoms. The van der Waals surface area contributed by atoms with Gasteiger partial charge in [0.2, 0.25) is 0 Å². The minimum absolute atomic E-state index is 0. The summed E-state index contributed by atoms with van der Waals surface area (Å²) in [5.74, 6) is 1.30. The zero-order chi connectivity index (χ0) is 16.7. The van der Waals surface area contributed by atoms with Crippen molar-refractivity contribution in [2.45, 2.75) is 26.5 Å². The van der Waals surface area contributed by atoms with Crippen LogP contribution in [0.2, 0.25) is 0 Å². The van der Waals surface area contributed by atoms with E-state index in [1.807, 2.05) is 18.9 Å². The second-order valence-corrected chi connectivity index (χ2v) is 5.57. The van der Waals surface area contributed by atoms with Crippen LogP contribution >= 0.6 is 24.0 Å². The first kappa shape index (κ1) is 20.5. The molecule has 0 aliphatic carbocycles. The molecule has 132 valence electrons. The molecule has 2 aromatic rings. The summed E-state index contributed by atoms with van der Waals surface area (Å²) in [6, 6.07) is 12.0. The highest BCUT2D eigenvalue weighted by Gasteiger charge is 2.12. The largest absolute Gasteiger partial charge is 0.467 e. The average Bonchev–Trinajstić information content (AvgIpc) is 3.07. The first-order valence-corrected chi connectivity index (χ1v) is 7.86. The van der Waals surface area contributed by atoms with Crippen molar-refractivity contribution in [3.05, 3.63) is 59.5 Å². The SMILES string of the molecule is CCNC(=NCC(O)c1ccco1)N(C)Cc1ccc(C)cc1.I. The summed E-state index contributed by atoms with van der Waals surface area (Å²) in [5.41, 5.74) is 2.47. The van der Waals surface area contributed by atoms with Crippen molar-refractivity contribution in [2.75, 3.05) is 20.1 Å². The van der Waals surface area contributed by atoms with Crippen LogP contribution in [0.4, 0.5) is 0 Å². The Morgan fingerprint density at radius 2 is 2.00 bits per heavy atom. The number of aliphatic hydroxyl groups is 1. The van der Waals surface area contributed by atoms with Crippen LogP contribution in [-0.2, 0) is 6.54 Å². The molecule has 0 aliphatic heterocycles. The van der Waals surface area contributed by atoms with E-state index in [0.717, 1.165) is 19.0 Å². The van der Waals surface area contributed by atoms with E-state index < -0.39 is 6.10 Å². The molecule has 0 spiro atoms. The molecule has 0 amide bonds. The molecule has 2 rings (SSSR count). The van der Waals surface area contributed by atoms with Crippen molar-refractivity contribution in [2.24, 2.45) is 4.99 Å². The summed E-state index contributed by atoms with van der Waals surface area (Å²) in [7, 11) is 1.99. The summed E-state index contributed by atoms with van der Waals surface area (Å²) in [6.07, 6.45) is 0.822. The number of hydrogen-bond donors (Lipinski definition) is 2. The van der Waals surface area contributed by atoms with E-state index >= 15 is 0 Å². The van der Waals surface area contributed by atoms with Crippen LogP contribution in [-0.4, -0.2) is 36.1 Å². The van der Waals surface area contributed by atoms with Gasteiger partial charge in [-0.25, -0.2) is 4.99 Å². The molecule has 24 heavy (non-hydrogen) atoms. The summed E-state index contributed by atoms with van der Waals surface area (Å²) in [5, 5.41) is 13.3. The van der Waals surface area contributed by atoms with Crippen molar-refractivity contribution >= 4 is 29.9 Å². The molecule has 1 atom stereocenters. The number of hydrogen-bond acceptors (Lipinski definition) is 3. The number of nitrogens with zero attached hydrogens (tertiary/aromatic N) is 2. The van der Waals surface area contributed by atoms with Crippen molar-refractivity contribution in [3.63, 3.8) is 0 Å². The highest BCUT2D eigenvalue weighted by Crippen LogP contribution is 2.13. The molecule has 0 radical (unpaired) electrons. The number of furan rings is 1. The predicted octanol–water partition coefficient (Wildman–Crippen LogP) is 3.34. The monoisotopic (exact) mass is 443 g/mol. The Labute approximate surface area is 160 Å². The highest BCUT2D eigenvalue weighted by atomic mass is 127. The minimum atomic E-state index is -0.730. The van der Waals surface area contributed by atoms with E-state index in [1.165, 1.54) is 11.1 Å². The second kappa shape index (κ2) is 10.4. The maximum Gasteiger partial charge on any atom is 0.194 e. The van der Waals surface area contributed by atoms with E-state index in [9.17, 15) is 5.11 Å². The molecule has 5 nitrogen and oxygen atoms in total. The summed E-state index contributed by atoms with van der Waals surface area (Å²) in [6.45, 7) is 5.89. The van der Waals surface area contributed by atoms with Crippen LogP contribution in [0, 0.1) is 6.92 Å². The Morgan fingerprint density at radius 3 is 2.58 bits per heavy atom. The molecule has 1 heterocycles. The van der Waals surface area contributed by atoms with E-state index in [4.69, 9.17) is 4.42 Å². The maximum atomic E-state index is 10.1. The van der Waals surface area contributed by atoms with Gasteiger partial charge in [0.05, 0.1) is 12.8 Å². The van der Waals surface area contributed by atoms with Crippen LogP contribution in [0.3, 0.4) is 0 Å². The molecule has 0 saturated heterocycles. The maximum absolute atomic E-state index is 10.1. The smallest absolute Gasteiger partial charge is 0.194 e. The van der Waals surface area contributed by atoms with Crippen molar-refractivity contribution in [1.29, 1.82) is 0 Å². The summed E-state index contributed by atoms with van der Waals surface area (Å²) in [4.78, 5) is 6.55. The number of halogens is 1. The quantitative estimate of drug-likeness (QED) is 0.409. The highest BCUT2D eigenvalue weighted by molar-refractivity contribution is 14.0. The van der Waals surface area contributed by atoms with Crippen LogP contribution in [0.15, 0.2) is 52.1 Å². The fourth-order valence-electron chi connectivity index (χ4n) is 2.26. The Balaban J connectivity index is 0.00000288. The van der Waals surface area contributed by atoms with Gasteiger partial charge in [0.15, 0.2) is 5.96 Å². The van der Waals surface area contributed by atoms with E-state index in [-0.39, 0.29) is 30.5 Å². The average molecular weight is 443 g/mol. The standard InChI is InChI=1S/C18H25N3O2.HI/c1-4-19-18(20-12-16(22)17-6-5-11-23-17)21(3)13-15-9-7-14(2)8-10-15;/h5-11,16,22H,4,12-13H2,1-3H3,(H,19,20);1H. The number of benzene rings is 1. The van der Waals surface area contributed by atoms with E-state index in [2.05, 4.69) is 41.5 Å². The fraction of sp³-hybridized carbons (Fsp3) is 0.389. The predicted molar refractivity (Wildman–Crippen MR) is 108 cm³/mol. The Bertz CT molecular complexity index is 612. The molecule has 1 aromatic carbocycles. The van der Waals surface area contributed by atoms with Crippen molar-refractivity contribution < 1.29 is 9.52 Å². The molecular weight excluding hydrogens is 417 g/mol. The molecule has 0 saturated carbocycles. The Kier molecular flexibility index (Phi) is 8.84. The number of aryl methyl sites for hydroxylation is 1. The van der Waals surface area contributed by atoms with Crippen LogP contribution in [0.1, 0.15) is 29.9 Å². The molecule has 1 aromatic heterocycles. The molecule has 0 aliphatic rings. The van der Waals surface area contributed by atoms with Crippen LogP contribution in [0.25, 0.3) is 0 Å². The van der Waals surface area contributed by atoms with Crippen LogP contribution < -0.4 is 5.32 Å². The van der Waals surface area contributed by atoms with Crippen LogP contribution in [0.5, 0.6) is 0 Å². The summed E-state index contributed by atoms with van der Waals surface area (Å²) >= 11 is 0. The topological polar surface area (TPSA) is 61.0 Å². The number of rotatable bonds is 6. The van der Waals surface area contributed by atoms with Gasteiger partial charge in [-0.3, -0.25) is 0 Å². The molecule has 0 fully saturated rings. The first-order valence-electron chi connectivity index (χ1n) is 7.86. The van der Waals surface area contributed by atoms with Gasteiger partial charge in [0, 0.05) is 20.1 Å². The third-order valence-corrected chi connectivity index (χ3v) is 3.52. The number of nitrogens with one attached hydrogen (secondary N) is 1. The lowest BCUT2D eigenvalue weighted by Crippen LogP contribution is -2.38. The third kappa shape index (κ3) is 6.16. The molecule has 1 unspecified atom stereocenters. The zero-order valence-electron chi connectivity index (χ0n) is 14.4. The van der Waals surface area contributed by atoms with E-state index in [1.54, 1.807) is 18.4 Å². The zero-order valence-corrected chi connectivity index (χ0v) is 16.7. The van der Waals surface area contributed by atoms with E-state index in [0.29, 0.717) is 5.76 Å². The van der Waals surface area contributed by atoms with Crippen molar-refractivity contribution in [1.82, 2.24) is 10.2 Å². The number of aliphatic imine (C=N–C) groups is 1. The lowest BCUT2D eigenvalue weighted by Gasteiger charge is -2.22. The fourth-order valence-corrected chi connectivity index (χ4v) is 2.26. The lowest BCUT2D eigenvalue weighted by molar-refractivity contribution is 0.158. The Morgan fingerprint density at radius 1 is 1.29 bits per heavy atom. The normalized spacial score (nSPS) is 12.4. The lowest BCUT2D eigenvalue weighted by atomic mass is 10.1. The molecule has 0 bridgehead atoms. The van der Waals surface area contributed by atoms with Gasteiger partial charge in [-0.15, -0.1) is 24.0 Å². The minimum Gasteiger partial charge on any atom is -0.467 e. The Hall–Kier alpha value is -1.54. The van der Waals surface area contributed by atoms with Gasteiger partial charge >= 0.3 is 0 Å². The van der Waals surface area contributed by atoms with Gasteiger partial charge < -0.3 is 19.7 Å². The van der Waals surface area contributed by atoms with Gasteiger partial charge in [0.25, 0.3) is 0 Å². The molecular formula is C18H26IN3O2.